The molecule has 0 spiro atoms. The lowest BCUT2D eigenvalue weighted by atomic mass is 9.99. The summed E-state index contributed by atoms with van der Waals surface area (Å²) in [6, 6.07) is 0. The van der Waals surface area contributed by atoms with Crippen LogP contribution in [0.25, 0.3) is 0 Å². The lowest BCUT2D eigenvalue weighted by molar-refractivity contribution is -0.161. The van der Waals surface area contributed by atoms with Gasteiger partial charge in [-0.25, -0.2) is 9.13 Å². The minimum atomic E-state index is -4.96. The highest BCUT2D eigenvalue weighted by Gasteiger charge is 2.30. The van der Waals surface area contributed by atoms with Crippen LogP contribution in [0.15, 0.2) is 0 Å². The molecular formula is C74H144O17P2. The van der Waals surface area contributed by atoms with Gasteiger partial charge < -0.3 is 33.8 Å². The molecule has 0 rings (SSSR count). The Hall–Kier alpha value is -1.94. The molecule has 17 nitrogen and oxygen atoms in total. The Bertz CT molecular complexity index is 1820. The van der Waals surface area contributed by atoms with E-state index in [0.717, 1.165) is 102 Å². The van der Waals surface area contributed by atoms with Crippen molar-refractivity contribution >= 4 is 39.5 Å². The summed E-state index contributed by atoms with van der Waals surface area (Å²) in [6.45, 7) is 11.8. The van der Waals surface area contributed by atoms with E-state index in [-0.39, 0.29) is 25.7 Å². The Morgan fingerprint density at radius 2 is 0.548 bits per heavy atom. The molecule has 0 radical (unpaired) electrons. The molecule has 0 aromatic carbocycles. The summed E-state index contributed by atoms with van der Waals surface area (Å²) >= 11 is 0. The number of phosphoric ester groups is 2. The Labute approximate surface area is 568 Å². The lowest BCUT2D eigenvalue weighted by Gasteiger charge is -2.21. The average molecular weight is 1370 g/mol. The number of aliphatic hydroxyl groups excluding tert-OH is 1. The van der Waals surface area contributed by atoms with Crippen LogP contribution in [0.2, 0.25) is 0 Å². The predicted molar refractivity (Wildman–Crippen MR) is 377 cm³/mol. The van der Waals surface area contributed by atoms with E-state index >= 15 is 0 Å². The standard InChI is InChI=1S/C74H144O17P2/c1-8-10-11-12-13-14-15-16-17-21-24-27-34-41-48-55-71(76)84-61-69(90-73(78)57-50-43-35-28-25-22-19-18-20-23-26-33-40-47-54-67(7)9-2)63-88-92(80,81)86-59-68(75)60-87-93(82,83)89-64-70(91-74(79)58-51-44-37-30-32-39-46-53-66(5)6)62-85-72(77)56-49-42-36-29-31-38-45-52-65(3)4/h65-70,75H,8-64H2,1-7H3,(H,80,81)(H,82,83)/t67?,68-,69-,70-/m1/s1. The van der Waals surface area contributed by atoms with E-state index < -0.39 is 97.5 Å². The third kappa shape index (κ3) is 67.0. The number of phosphoric acid groups is 2. The number of hydrogen-bond acceptors (Lipinski definition) is 15. The minimum Gasteiger partial charge on any atom is -0.462 e. The number of carbonyl (C=O) groups is 4. The molecule has 0 aromatic heterocycles. The van der Waals surface area contributed by atoms with Gasteiger partial charge >= 0.3 is 39.5 Å². The van der Waals surface area contributed by atoms with Gasteiger partial charge in [-0.05, 0) is 43.4 Å². The molecule has 3 unspecified atom stereocenters. The summed E-state index contributed by atoms with van der Waals surface area (Å²) in [5.41, 5.74) is 0. The predicted octanol–water partition coefficient (Wildman–Crippen LogP) is 21.4. The minimum absolute atomic E-state index is 0.103. The van der Waals surface area contributed by atoms with E-state index in [4.69, 9.17) is 37.0 Å². The van der Waals surface area contributed by atoms with E-state index in [1.807, 2.05) is 0 Å². The maximum Gasteiger partial charge on any atom is 0.472 e. The van der Waals surface area contributed by atoms with Crippen LogP contribution in [0.1, 0.15) is 376 Å². The molecule has 0 heterocycles. The third-order valence-corrected chi connectivity index (χ3v) is 19.4. The number of ether oxygens (including phenoxy) is 4. The second-order valence-corrected chi connectivity index (χ2v) is 30.8. The molecule has 19 heteroatoms. The molecule has 0 bridgehead atoms. The van der Waals surface area contributed by atoms with Crippen molar-refractivity contribution in [1.82, 2.24) is 0 Å². The van der Waals surface area contributed by atoms with Crippen LogP contribution < -0.4 is 0 Å². The van der Waals surface area contributed by atoms with Gasteiger partial charge in [-0.15, -0.1) is 0 Å². The van der Waals surface area contributed by atoms with E-state index in [0.29, 0.717) is 37.5 Å². The van der Waals surface area contributed by atoms with Crippen LogP contribution in [-0.4, -0.2) is 96.7 Å². The molecule has 0 aromatic rings. The van der Waals surface area contributed by atoms with Crippen molar-refractivity contribution in [1.29, 1.82) is 0 Å². The van der Waals surface area contributed by atoms with Crippen LogP contribution in [0, 0.1) is 17.8 Å². The maximum absolute atomic E-state index is 13.1. The number of rotatable bonds is 72. The van der Waals surface area contributed by atoms with Gasteiger partial charge in [0.25, 0.3) is 0 Å². The van der Waals surface area contributed by atoms with Crippen LogP contribution in [0.5, 0.6) is 0 Å². The summed E-state index contributed by atoms with van der Waals surface area (Å²) in [5, 5.41) is 10.6. The lowest BCUT2D eigenvalue weighted by Crippen LogP contribution is -2.30. The first-order valence-corrected chi connectivity index (χ1v) is 41.4. The molecule has 6 atom stereocenters. The van der Waals surface area contributed by atoms with E-state index in [9.17, 15) is 43.2 Å². The van der Waals surface area contributed by atoms with Gasteiger partial charge in [-0.2, -0.15) is 0 Å². The van der Waals surface area contributed by atoms with Crippen LogP contribution in [0.4, 0.5) is 0 Å². The van der Waals surface area contributed by atoms with Crippen molar-refractivity contribution < 1.29 is 80.2 Å². The summed E-state index contributed by atoms with van der Waals surface area (Å²) < 4.78 is 68.4. The first-order chi connectivity index (χ1) is 44.8. The highest BCUT2D eigenvalue weighted by atomic mass is 31.2. The van der Waals surface area contributed by atoms with Gasteiger partial charge in [0, 0.05) is 25.7 Å². The van der Waals surface area contributed by atoms with Crippen molar-refractivity contribution in [3.63, 3.8) is 0 Å². The zero-order chi connectivity index (χ0) is 68.7. The van der Waals surface area contributed by atoms with E-state index in [1.165, 1.54) is 180 Å². The highest BCUT2D eigenvalue weighted by Crippen LogP contribution is 2.45. The zero-order valence-electron chi connectivity index (χ0n) is 60.7. The van der Waals surface area contributed by atoms with Crippen molar-refractivity contribution in [2.24, 2.45) is 17.8 Å². The summed E-state index contributed by atoms with van der Waals surface area (Å²) in [5.74, 6) is 0.123. The van der Waals surface area contributed by atoms with Crippen LogP contribution in [0.3, 0.4) is 0 Å². The van der Waals surface area contributed by atoms with Crippen molar-refractivity contribution in [2.45, 2.75) is 394 Å². The van der Waals surface area contributed by atoms with Crippen molar-refractivity contribution in [3.05, 3.63) is 0 Å². The molecule has 0 saturated heterocycles. The Kier molecular flexibility index (Phi) is 63.4. The molecular weight excluding hydrogens is 1220 g/mol. The first-order valence-electron chi connectivity index (χ1n) is 38.4. The third-order valence-electron chi connectivity index (χ3n) is 17.5. The van der Waals surface area contributed by atoms with Gasteiger partial charge in [-0.3, -0.25) is 37.3 Å². The van der Waals surface area contributed by atoms with Crippen molar-refractivity contribution in [2.75, 3.05) is 39.6 Å². The number of aliphatic hydroxyl groups is 1. The summed E-state index contributed by atoms with van der Waals surface area (Å²) in [4.78, 5) is 72.7. The smallest absolute Gasteiger partial charge is 0.462 e. The van der Waals surface area contributed by atoms with Crippen LogP contribution in [-0.2, 0) is 65.4 Å². The molecule has 0 aliphatic rings. The molecule has 0 aliphatic heterocycles. The second kappa shape index (κ2) is 64.7. The Balaban J connectivity index is 5.23. The summed E-state index contributed by atoms with van der Waals surface area (Å²) in [6.07, 6.45) is 50.1. The molecule has 3 N–H and O–H groups in total. The average Bonchev–Trinajstić information content (AvgIpc) is 2.48. The highest BCUT2D eigenvalue weighted by molar-refractivity contribution is 7.47. The molecule has 0 fully saturated rings. The second-order valence-electron chi connectivity index (χ2n) is 27.9. The molecule has 0 amide bonds. The van der Waals surface area contributed by atoms with Crippen molar-refractivity contribution in [3.8, 4) is 0 Å². The van der Waals surface area contributed by atoms with E-state index in [2.05, 4.69) is 48.5 Å². The number of esters is 4. The topological polar surface area (TPSA) is 237 Å². The monoisotopic (exact) mass is 1370 g/mol. The molecule has 0 aliphatic carbocycles. The number of unbranched alkanes of at least 4 members (excludes halogenated alkanes) is 39. The normalized spacial score (nSPS) is 14.4. The van der Waals surface area contributed by atoms with Gasteiger partial charge in [-0.1, -0.05) is 325 Å². The Morgan fingerprint density at radius 3 is 0.817 bits per heavy atom. The van der Waals surface area contributed by atoms with Crippen LogP contribution >= 0.6 is 15.6 Å². The fourth-order valence-electron chi connectivity index (χ4n) is 11.2. The van der Waals surface area contributed by atoms with Gasteiger partial charge in [0.05, 0.1) is 26.4 Å². The first kappa shape index (κ1) is 91.1. The molecule has 0 saturated carbocycles. The molecule has 552 valence electrons. The van der Waals surface area contributed by atoms with E-state index in [1.54, 1.807) is 0 Å². The van der Waals surface area contributed by atoms with Gasteiger partial charge in [0.1, 0.15) is 19.3 Å². The Morgan fingerprint density at radius 1 is 0.312 bits per heavy atom. The van der Waals surface area contributed by atoms with Gasteiger partial charge in [0.2, 0.25) is 0 Å². The van der Waals surface area contributed by atoms with Gasteiger partial charge in [0.15, 0.2) is 12.2 Å². The number of hydrogen-bond donors (Lipinski definition) is 3. The quantitative estimate of drug-likeness (QED) is 0.0222. The zero-order valence-corrected chi connectivity index (χ0v) is 62.5. The maximum atomic E-state index is 13.1. The SMILES string of the molecule is CCCCCCCCCCCCCCCCCC(=O)OC[C@H](COP(=O)(O)OC[C@@H](O)COP(=O)(O)OC[C@@H](COC(=O)CCCCCCCCCC(C)C)OC(=O)CCCCCCCCCC(C)C)OC(=O)CCCCCCCCCCCCCCCCC(C)CC. The molecule has 93 heavy (non-hydrogen) atoms. The fourth-order valence-corrected chi connectivity index (χ4v) is 12.8. The summed E-state index contributed by atoms with van der Waals surface area (Å²) in [7, 11) is -9.91. The fraction of sp³-hybridized carbons (Fsp3) is 0.946. The largest absolute Gasteiger partial charge is 0.472 e. The number of carbonyl (C=O) groups excluding carboxylic acids is 4.